The van der Waals surface area contributed by atoms with Crippen molar-refractivity contribution in [1.29, 1.82) is 0 Å². The van der Waals surface area contributed by atoms with E-state index in [0.29, 0.717) is 0 Å². The highest BCUT2D eigenvalue weighted by Crippen LogP contribution is 2.28. The molecule has 0 unspecified atom stereocenters. The molecule has 1 aromatic rings. The summed E-state index contributed by atoms with van der Waals surface area (Å²) in [4.78, 5) is 8.98. The third-order valence-corrected chi connectivity index (χ3v) is 5.08. The standard InChI is InChI=1S/C13H19NO4S/c1-9(2)8-13(14,12(15)16)19(17,18)11-6-4-10(3)5-7-11/h4-7,9H,8,14H2,1-3H3,(H,15,16)/t13-/m1/s1. The lowest BCUT2D eigenvalue weighted by molar-refractivity contribution is -0.140. The van der Waals surface area contributed by atoms with Gasteiger partial charge < -0.3 is 10.8 Å². The Hall–Kier alpha value is -1.40. The van der Waals surface area contributed by atoms with E-state index in [1.807, 2.05) is 6.92 Å². The van der Waals surface area contributed by atoms with Gasteiger partial charge in [-0.25, -0.2) is 13.2 Å². The van der Waals surface area contributed by atoms with Crippen LogP contribution in [0.1, 0.15) is 25.8 Å². The van der Waals surface area contributed by atoms with Gasteiger partial charge in [-0.05, 0) is 31.4 Å². The van der Waals surface area contributed by atoms with Crippen molar-refractivity contribution in [2.45, 2.75) is 37.0 Å². The van der Waals surface area contributed by atoms with Crippen LogP contribution in [0.4, 0.5) is 0 Å². The normalized spacial score (nSPS) is 15.2. The molecule has 0 radical (unpaired) electrons. The van der Waals surface area contributed by atoms with E-state index in [2.05, 4.69) is 0 Å². The summed E-state index contributed by atoms with van der Waals surface area (Å²) in [6.45, 7) is 5.28. The zero-order chi connectivity index (χ0) is 14.8. The van der Waals surface area contributed by atoms with Crippen molar-refractivity contribution < 1.29 is 18.3 Å². The minimum atomic E-state index is -4.13. The highest BCUT2D eigenvalue weighted by Gasteiger charge is 2.48. The molecule has 0 heterocycles. The van der Waals surface area contributed by atoms with Crippen molar-refractivity contribution in [3.05, 3.63) is 29.8 Å². The second-order valence-corrected chi connectivity index (χ2v) is 7.32. The summed E-state index contributed by atoms with van der Waals surface area (Å²) in [6, 6.07) is 6.00. The second kappa shape index (κ2) is 5.30. The first-order valence-corrected chi connectivity index (χ1v) is 7.43. The fourth-order valence-electron chi connectivity index (χ4n) is 1.85. The van der Waals surface area contributed by atoms with Crippen LogP contribution in [0.15, 0.2) is 29.2 Å². The summed E-state index contributed by atoms with van der Waals surface area (Å²) >= 11 is 0. The molecule has 0 fully saturated rings. The maximum atomic E-state index is 12.4. The van der Waals surface area contributed by atoms with Crippen LogP contribution in [0.3, 0.4) is 0 Å². The lowest BCUT2D eigenvalue weighted by atomic mass is 10.0. The second-order valence-electron chi connectivity index (χ2n) is 5.11. The average Bonchev–Trinajstić information content (AvgIpc) is 2.28. The molecule has 3 N–H and O–H groups in total. The molecule has 106 valence electrons. The summed E-state index contributed by atoms with van der Waals surface area (Å²) in [5.74, 6) is -1.68. The van der Waals surface area contributed by atoms with Crippen LogP contribution < -0.4 is 5.73 Å². The average molecular weight is 285 g/mol. The molecule has 0 amide bonds. The number of hydrogen-bond donors (Lipinski definition) is 2. The number of carboxylic acids is 1. The number of aliphatic carboxylic acids is 1. The Morgan fingerprint density at radius 2 is 1.79 bits per heavy atom. The van der Waals surface area contributed by atoms with Crippen LogP contribution in [-0.4, -0.2) is 24.4 Å². The zero-order valence-electron chi connectivity index (χ0n) is 11.3. The first-order chi connectivity index (χ1) is 8.61. The SMILES string of the molecule is Cc1ccc(S(=O)(=O)[C@](N)(CC(C)C)C(=O)O)cc1. The van der Waals surface area contributed by atoms with Crippen LogP contribution in [0.5, 0.6) is 0 Å². The van der Waals surface area contributed by atoms with Gasteiger partial charge in [0.2, 0.25) is 14.7 Å². The van der Waals surface area contributed by atoms with Gasteiger partial charge in [0.15, 0.2) is 0 Å². The molecule has 1 rings (SSSR count). The fraction of sp³-hybridized carbons (Fsp3) is 0.462. The molecular weight excluding hydrogens is 266 g/mol. The highest BCUT2D eigenvalue weighted by atomic mass is 32.2. The van der Waals surface area contributed by atoms with Gasteiger partial charge in [0.1, 0.15) is 0 Å². The number of hydrogen-bond acceptors (Lipinski definition) is 4. The molecule has 0 spiro atoms. The van der Waals surface area contributed by atoms with Crippen molar-refractivity contribution >= 4 is 15.8 Å². The highest BCUT2D eigenvalue weighted by molar-refractivity contribution is 7.93. The number of aryl methyl sites for hydroxylation is 1. The van der Waals surface area contributed by atoms with Gasteiger partial charge in [-0.15, -0.1) is 0 Å². The first kappa shape index (κ1) is 15.7. The van der Waals surface area contributed by atoms with E-state index in [1.54, 1.807) is 26.0 Å². The van der Waals surface area contributed by atoms with E-state index in [9.17, 15) is 18.3 Å². The van der Waals surface area contributed by atoms with Crippen LogP contribution in [-0.2, 0) is 14.6 Å². The third kappa shape index (κ3) is 2.96. The Kier molecular flexibility index (Phi) is 4.37. The van der Waals surface area contributed by atoms with E-state index in [-0.39, 0.29) is 17.2 Å². The Balaban J connectivity index is 3.36. The molecule has 0 aliphatic carbocycles. The van der Waals surface area contributed by atoms with E-state index >= 15 is 0 Å². The summed E-state index contributed by atoms with van der Waals surface area (Å²) in [7, 11) is -4.13. The van der Waals surface area contributed by atoms with E-state index in [1.165, 1.54) is 12.1 Å². The van der Waals surface area contributed by atoms with Gasteiger partial charge in [-0.2, -0.15) is 0 Å². The van der Waals surface area contributed by atoms with Gasteiger partial charge in [0.05, 0.1) is 4.90 Å². The van der Waals surface area contributed by atoms with Crippen LogP contribution in [0, 0.1) is 12.8 Å². The Morgan fingerprint density at radius 1 is 1.32 bits per heavy atom. The number of carbonyl (C=O) groups is 1. The van der Waals surface area contributed by atoms with Crippen molar-refractivity contribution in [1.82, 2.24) is 0 Å². The minimum absolute atomic E-state index is 0.0661. The Bertz CT molecular complexity index is 563. The molecule has 19 heavy (non-hydrogen) atoms. The quantitative estimate of drug-likeness (QED) is 0.855. The van der Waals surface area contributed by atoms with Crippen molar-refractivity contribution in [2.75, 3.05) is 0 Å². The topological polar surface area (TPSA) is 97.5 Å². The third-order valence-electron chi connectivity index (χ3n) is 2.88. The van der Waals surface area contributed by atoms with Gasteiger partial charge in [-0.1, -0.05) is 31.5 Å². The monoisotopic (exact) mass is 285 g/mol. The Labute approximate surface area is 113 Å². The van der Waals surface area contributed by atoms with Gasteiger partial charge in [-0.3, -0.25) is 0 Å². The van der Waals surface area contributed by atoms with Gasteiger partial charge in [0.25, 0.3) is 0 Å². The lowest BCUT2D eigenvalue weighted by Crippen LogP contribution is -2.55. The van der Waals surface area contributed by atoms with Crippen molar-refractivity contribution in [2.24, 2.45) is 11.7 Å². The molecule has 0 saturated carbocycles. The number of sulfone groups is 1. The molecule has 0 bridgehead atoms. The number of rotatable bonds is 5. The van der Waals surface area contributed by atoms with Gasteiger partial charge in [0, 0.05) is 0 Å². The summed E-state index contributed by atoms with van der Waals surface area (Å²) in [6.07, 6.45) is -0.140. The lowest BCUT2D eigenvalue weighted by Gasteiger charge is -2.26. The molecule has 0 aliphatic rings. The molecule has 6 heteroatoms. The molecular formula is C13H19NO4S. The predicted octanol–water partition coefficient (Wildman–Crippen LogP) is 1.55. The fourth-order valence-corrected chi connectivity index (χ4v) is 3.54. The minimum Gasteiger partial charge on any atom is -0.479 e. The number of nitrogens with two attached hydrogens (primary N) is 1. The molecule has 0 aliphatic heterocycles. The molecule has 1 aromatic carbocycles. The molecule has 1 atom stereocenters. The van der Waals surface area contributed by atoms with Crippen LogP contribution in [0.25, 0.3) is 0 Å². The largest absolute Gasteiger partial charge is 0.479 e. The summed E-state index contributed by atoms with van der Waals surface area (Å²) < 4.78 is 24.9. The van der Waals surface area contributed by atoms with E-state index < -0.39 is 20.7 Å². The van der Waals surface area contributed by atoms with E-state index in [4.69, 9.17) is 5.73 Å². The first-order valence-electron chi connectivity index (χ1n) is 5.95. The molecule has 5 nitrogen and oxygen atoms in total. The Morgan fingerprint density at radius 3 is 2.16 bits per heavy atom. The number of benzene rings is 1. The summed E-state index contributed by atoms with van der Waals surface area (Å²) in [5.41, 5.74) is 6.59. The van der Waals surface area contributed by atoms with Gasteiger partial charge >= 0.3 is 5.97 Å². The molecule has 0 saturated heterocycles. The molecule has 0 aromatic heterocycles. The number of carboxylic acid groups (broad SMARTS) is 1. The zero-order valence-corrected chi connectivity index (χ0v) is 12.1. The van der Waals surface area contributed by atoms with Crippen LogP contribution in [0.2, 0.25) is 0 Å². The van der Waals surface area contributed by atoms with Crippen molar-refractivity contribution in [3.8, 4) is 0 Å². The smallest absolute Gasteiger partial charge is 0.339 e. The van der Waals surface area contributed by atoms with Crippen molar-refractivity contribution in [3.63, 3.8) is 0 Å². The maximum Gasteiger partial charge on any atom is 0.339 e. The summed E-state index contributed by atoms with van der Waals surface area (Å²) in [5, 5.41) is 9.23. The van der Waals surface area contributed by atoms with Crippen LogP contribution >= 0.6 is 0 Å². The van der Waals surface area contributed by atoms with E-state index in [0.717, 1.165) is 5.56 Å². The predicted molar refractivity (Wildman–Crippen MR) is 72.4 cm³/mol. The maximum absolute atomic E-state index is 12.4.